The van der Waals surface area contributed by atoms with E-state index < -0.39 is 5.41 Å². The van der Waals surface area contributed by atoms with Crippen molar-refractivity contribution in [1.29, 1.82) is 0 Å². The summed E-state index contributed by atoms with van der Waals surface area (Å²) in [7, 11) is 0. The van der Waals surface area contributed by atoms with Crippen LogP contribution in [0.3, 0.4) is 0 Å². The molecule has 0 fully saturated rings. The lowest BCUT2D eigenvalue weighted by Gasteiger charge is -2.24. The van der Waals surface area contributed by atoms with Crippen LogP contribution >= 0.6 is 27.3 Å². The topological polar surface area (TPSA) is 52.5 Å². The molecule has 0 aromatic carbocycles. The molecule has 1 rings (SSSR count). The number of hydrogen-bond acceptors (Lipinski definition) is 4. The average Bonchev–Trinajstić information content (AvgIpc) is 2.64. The fourth-order valence-electron chi connectivity index (χ4n) is 1.10. The molecule has 1 heterocycles. The minimum absolute atomic E-state index is 0.00929. The second-order valence-electron chi connectivity index (χ2n) is 3.96. The molecule has 0 aliphatic rings. The standard InChI is InChI=1S/C10H16BrNO2S/c1-10(6-13,7-14)5-12-3-9-2-8(11)4-15-9/h2,4,12-14H,3,5-7H2,1H3. The number of hydrogen-bond donors (Lipinski definition) is 3. The third-order valence-electron chi connectivity index (χ3n) is 2.24. The van der Waals surface area contributed by atoms with Crippen LogP contribution in [0.15, 0.2) is 15.9 Å². The maximum absolute atomic E-state index is 9.08. The lowest BCUT2D eigenvalue weighted by molar-refractivity contribution is 0.0696. The van der Waals surface area contributed by atoms with Gasteiger partial charge in [-0.05, 0) is 22.0 Å². The van der Waals surface area contributed by atoms with Gasteiger partial charge in [-0.1, -0.05) is 6.92 Å². The molecule has 0 bridgehead atoms. The smallest absolute Gasteiger partial charge is 0.0518 e. The molecule has 1 aromatic rings. The number of thiophene rings is 1. The number of nitrogens with one attached hydrogen (secondary N) is 1. The van der Waals surface area contributed by atoms with Crippen LogP contribution in [0.25, 0.3) is 0 Å². The summed E-state index contributed by atoms with van der Waals surface area (Å²) < 4.78 is 1.09. The summed E-state index contributed by atoms with van der Waals surface area (Å²) in [5.41, 5.74) is -0.436. The Morgan fingerprint density at radius 2 is 2.13 bits per heavy atom. The lowest BCUT2D eigenvalue weighted by atomic mass is 9.93. The molecule has 0 aliphatic heterocycles. The Hall–Kier alpha value is 0.0600. The van der Waals surface area contributed by atoms with E-state index in [0.29, 0.717) is 6.54 Å². The summed E-state index contributed by atoms with van der Waals surface area (Å²) in [5.74, 6) is 0. The first kappa shape index (κ1) is 13.1. The highest BCUT2D eigenvalue weighted by molar-refractivity contribution is 9.10. The van der Waals surface area contributed by atoms with Gasteiger partial charge in [0.2, 0.25) is 0 Å². The van der Waals surface area contributed by atoms with Gasteiger partial charge in [0.05, 0.1) is 13.2 Å². The first-order valence-electron chi connectivity index (χ1n) is 4.75. The number of halogens is 1. The molecule has 15 heavy (non-hydrogen) atoms. The maximum Gasteiger partial charge on any atom is 0.0518 e. The Morgan fingerprint density at radius 3 is 2.60 bits per heavy atom. The molecule has 1 aromatic heterocycles. The molecule has 0 unspecified atom stereocenters. The lowest BCUT2D eigenvalue weighted by Crippen LogP contribution is -2.37. The largest absolute Gasteiger partial charge is 0.396 e. The van der Waals surface area contributed by atoms with E-state index in [1.807, 2.05) is 12.3 Å². The predicted octanol–water partition coefficient (Wildman–Crippen LogP) is 1.59. The summed E-state index contributed by atoms with van der Waals surface area (Å²) in [6, 6.07) is 2.06. The normalized spacial score (nSPS) is 12.0. The van der Waals surface area contributed by atoms with Gasteiger partial charge in [0, 0.05) is 33.2 Å². The highest BCUT2D eigenvalue weighted by Crippen LogP contribution is 2.20. The molecular weight excluding hydrogens is 278 g/mol. The van der Waals surface area contributed by atoms with Gasteiger partial charge in [-0.2, -0.15) is 0 Å². The second kappa shape index (κ2) is 5.96. The van der Waals surface area contributed by atoms with Crippen molar-refractivity contribution < 1.29 is 10.2 Å². The highest BCUT2D eigenvalue weighted by atomic mass is 79.9. The van der Waals surface area contributed by atoms with Gasteiger partial charge < -0.3 is 15.5 Å². The van der Waals surface area contributed by atoms with E-state index in [1.54, 1.807) is 11.3 Å². The fourth-order valence-corrected chi connectivity index (χ4v) is 2.52. The van der Waals surface area contributed by atoms with Gasteiger partial charge in [-0.25, -0.2) is 0 Å². The third-order valence-corrected chi connectivity index (χ3v) is 3.93. The zero-order chi connectivity index (χ0) is 11.3. The molecule has 0 saturated heterocycles. The monoisotopic (exact) mass is 293 g/mol. The Labute approximate surface area is 102 Å². The molecule has 0 atom stereocenters. The molecule has 0 aliphatic carbocycles. The van der Waals surface area contributed by atoms with E-state index in [4.69, 9.17) is 10.2 Å². The van der Waals surface area contributed by atoms with Crippen LogP contribution in [0.2, 0.25) is 0 Å². The van der Waals surface area contributed by atoms with E-state index >= 15 is 0 Å². The second-order valence-corrected chi connectivity index (χ2v) is 5.87. The molecular formula is C10H16BrNO2S. The number of aliphatic hydroxyl groups excluding tert-OH is 2. The van der Waals surface area contributed by atoms with Crippen molar-refractivity contribution in [2.45, 2.75) is 13.5 Å². The summed E-state index contributed by atoms with van der Waals surface area (Å²) in [5, 5.41) is 23.4. The van der Waals surface area contributed by atoms with Crippen LogP contribution in [0, 0.1) is 5.41 Å². The van der Waals surface area contributed by atoms with Crippen LogP contribution in [0.4, 0.5) is 0 Å². The van der Waals surface area contributed by atoms with Crippen molar-refractivity contribution in [3.8, 4) is 0 Å². The van der Waals surface area contributed by atoms with Gasteiger partial charge >= 0.3 is 0 Å². The van der Waals surface area contributed by atoms with Crippen LogP contribution in [-0.4, -0.2) is 30.0 Å². The van der Waals surface area contributed by atoms with Crippen molar-refractivity contribution in [2.75, 3.05) is 19.8 Å². The SMILES string of the molecule is CC(CO)(CO)CNCc1cc(Br)cs1. The fraction of sp³-hybridized carbons (Fsp3) is 0.600. The Balaban J connectivity index is 2.32. The molecule has 0 radical (unpaired) electrons. The van der Waals surface area contributed by atoms with Gasteiger partial charge in [0.15, 0.2) is 0 Å². The zero-order valence-corrected chi connectivity index (χ0v) is 11.1. The Morgan fingerprint density at radius 1 is 1.47 bits per heavy atom. The predicted molar refractivity (Wildman–Crippen MR) is 66.0 cm³/mol. The molecule has 5 heteroatoms. The summed E-state index contributed by atoms with van der Waals surface area (Å²) in [4.78, 5) is 1.24. The quantitative estimate of drug-likeness (QED) is 0.747. The molecule has 0 spiro atoms. The first-order valence-corrected chi connectivity index (χ1v) is 6.42. The van der Waals surface area contributed by atoms with Crippen LogP contribution in [-0.2, 0) is 6.54 Å². The zero-order valence-electron chi connectivity index (χ0n) is 8.66. The average molecular weight is 294 g/mol. The van der Waals surface area contributed by atoms with Crippen molar-refractivity contribution in [2.24, 2.45) is 5.41 Å². The Kier molecular flexibility index (Phi) is 5.22. The van der Waals surface area contributed by atoms with Crippen LogP contribution in [0.1, 0.15) is 11.8 Å². The number of aliphatic hydroxyl groups is 2. The van der Waals surface area contributed by atoms with Crippen molar-refractivity contribution in [3.05, 3.63) is 20.8 Å². The maximum atomic E-state index is 9.08. The van der Waals surface area contributed by atoms with E-state index in [9.17, 15) is 0 Å². The number of rotatable bonds is 6. The van der Waals surface area contributed by atoms with Crippen molar-refractivity contribution in [1.82, 2.24) is 5.32 Å². The summed E-state index contributed by atoms with van der Waals surface area (Å²) >= 11 is 5.07. The third kappa shape index (κ3) is 4.20. The highest BCUT2D eigenvalue weighted by Gasteiger charge is 2.21. The van der Waals surface area contributed by atoms with Crippen LogP contribution < -0.4 is 5.32 Å². The molecule has 0 saturated carbocycles. The Bertz CT molecular complexity index is 299. The summed E-state index contributed by atoms with van der Waals surface area (Å²) in [6.07, 6.45) is 0. The van der Waals surface area contributed by atoms with Crippen LogP contribution in [0.5, 0.6) is 0 Å². The van der Waals surface area contributed by atoms with Crippen molar-refractivity contribution >= 4 is 27.3 Å². The van der Waals surface area contributed by atoms with Gasteiger partial charge in [-0.15, -0.1) is 11.3 Å². The molecule has 0 amide bonds. The first-order chi connectivity index (χ1) is 7.09. The van der Waals surface area contributed by atoms with E-state index in [0.717, 1.165) is 11.0 Å². The van der Waals surface area contributed by atoms with Gasteiger partial charge in [-0.3, -0.25) is 0 Å². The molecule has 86 valence electrons. The van der Waals surface area contributed by atoms with Gasteiger partial charge in [0.25, 0.3) is 0 Å². The van der Waals surface area contributed by atoms with Gasteiger partial charge in [0.1, 0.15) is 0 Å². The van der Waals surface area contributed by atoms with E-state index in [2.05, 4.69) is 27.3 Å². The van der Waals surface area contributed by atoms with E-state index in [-0.39, 0.29) is 13.2 Å². The van der Waals surface area contributed by atoms with E-state index in [1.165, 1.54) is 4.88 Å². The minimum Gasteiger partial charge on any atom is -0.396 e. The minimum atomic E-state index is -0.436. The molecule has 3 nitrogen and oxygen atoms in total. The van der Waals surface area contributed by atoms with Crippen molar-refractivity contribution in [3.63, 3.8) is 0 Å². The molecule has 3 N–H and O–H groups in total. The summed E-state index contributed by atoms with van der Waals surface area (Å²) in [6.45, 7) is 3.21.